The van der Waals surface area contributed by atoms with E-state index >= 15 is 0 Å². The van der Waals surface area contributed by atoms with E-state index in [1.165, 1.54) is 16.6 Å². The Morgan fingerprint density at radius 1 is 1.03 bits per heavy atom. The Morgan fingerprint density at radius 3 is 2.54 bits per heavy atom. The number of nitrogens with one attached hydrogen (secondary N) is 2. The molecule has 2 aliphatic heterocycles. The van der Waals surface area contributed by atoms with Gasteiger partial charge in [-0.3, -0.25) is 4.79 Å². The molecule has 3 heterocycles. The average molecular weight is 506 g/mol. The van der Waals surface area contributed by atoms with E-state index in [0.717, 1.165) is 81.1 Å². The molecule has 0 spiro atoms. The molecule has 2 aliphatic rings. The third kappa shape index (κ3) is 5.84. The summed E-state index contributed by atoms with van der Waals surface area (Å²) in [4.78, 5) is 13.0. The Morgan fingerprint density at radius 2 is 1.81 bits per heavy atom. The summed E-state index contributed by atoms with van der Waals surface area (Å²) in [6.07, 6.45) is 4.57. The van der Waals surface area contributed by atoms with Crippen molar-refractivity contribution in [2.45, 2.75) is 52.2 Å². The number of nitrogens with zero attached hydrogens (tertiary/aromatic N) is 1. The van der Waals surface area contributed by atoms with E-state index in [2.05, 4.69) is 42.2 Å². The summed E-state index contributed by atoms with van der Waals surface area (Å²) in [6.45, 7) is 9.23. The standard InChI is InChI=1S/C30H39N3O4/c1-20-26-10-11-27(21(2)29(26)33(3)28(20)18-31-17-22-12-15-35-16-13-22)32-30(34)23-6-8-24(9-7-23)37-19-25-5-4-14-36-25/h6-11,22,25,31H,4-5,12-19H2,1-3H3,(H,32,34)/t25-/m0/s1. The molecule has 0 radical (unpaired) electrons. The number of aryl methyl sites for hydroxylation is 3. The SMILES string of the molecule is Cc1c(CNCC2CCOCC2)n(C)c2c(C)c(NC(=O)c3ccc(OC[C@@H]4CCCO4)cc3)ccc12. The van der Waals surface area contributed by atoms with Crippen LogP contribution >= 0.6 is 0 Å². The topological polar surface area (TPSA) is 73.8 Å². The van der Waals surface area contributed by atoms with Crippen LogP contribution in [0.2, 0.25) is 0 Å². The Balaban J connectivity index is 1.24. The first-order chi connectivity index (χ1) is 18.0. The highest BCUT2D eigenvalue weighted by molar-refractivity contribution is 6.06. The van der Waals surface area contributed by atoms with Crippen molar-refractivity contribution in [2.75, 3.05) is 38.3 Å². The normalized spacial score (nSPS) is 18.4. The summed E-state index contributed by atoms with van der Waals surface area (Å²) >= 11 is 0. The van der Waals surface area contributed by atoms with Crippen LogP contribution in [0.3, 0.4) is 0 Å². The number of fused-ring (bicyclic) bond motifs is 1. The predicted octanol–water partition coefficient (Wildman–Crippen LogP) is 5.12. The van der Waals surface area contributed by atoms with Gasteiger partial charge in [-0.2, -0.15) is 0 Å². The number of hydrogen-bond acceptors (Lipinski definition) is 5. The fraction of sp³-hybridized carbons (Fsp3) is 0.500. The molecule has 198 valence electrons. The number of aromatic nitrogens is 1. The van der Waals surface area contributed by atoms with Gasteiger partial charge in [0.05, 0.1) is 11.6 Å². The largest absolute Gasteiger partial charge is 0.491 e. The zero-order valence-corrected chi connectivity index (χ0v) is 22.3. The van der Waals surface area contributed by atoms with Crippen LogP contribution in [0, 0.1) is 19.8 Å². The molecular formula is C30H39N3O4. The van der Waals surface area contributed by atoms with E-state index in [-0.39, 0.29) is 12.0 Å². The molecule has 2 N–H and O–H groups in total. The molecular weight excluding hydrogens is 466 g/mol. The lowest BCUT2D eigenvalue weighted by Crippen LogP contribution is -2.28. The molecule has 37 heavy (non-hydrogen) atoms. The van der Waals surface area contributed by atoms with Gasteiger partial charge in [0.1, 0.15) is 12.4 Å². The van der Waals surface area contributed by atoms with Crippen LogP contribution in [0.5, 0.6) is 5.75 Å². The van der Waals surface area contributed by atoms with E-state index in [4.69, 9.17) is 14.2 Å². The molecule has 0 unspecified atom stereocenters. The summed E-state index contributed by atoms with van der Waals surface area (Å²) in [5.74, 6) is 1.31. The Bertz CT molecular complexity index is 1220. The molecule has 0 saturated carbocycles. The van der Waals surface area contributed by atoms with Gasteiger partial charge in [-0.1, -0.05) is 6.07 Å². The lowest BCUT2D eigenvalue weighted by atomic mass is 10.0. The number of amides is 1. The first-order valence-electron chi connectivity index (χ1n) is 13.5. The zero-order valence-electron chi connectivity index (χ0n) is 22.3. The first-order valence-corrected chi connectivity index (χ1v) is 13.5. The maximum absolute atomic E-state index is 13.0. The van der Waals surface area contributed by atoms with Crippen LogP contribution in [0.4, 0.5) is 5.69 Å². The smallest absolute Gasteiger partial charge is 0.255 e. The van der Waals surface area contributed by atoms with E-state index in [1.54, 1.807) is 0 Å². The lowest BCUT2D eigenvalue weighted by molar-refractivity contribution is 0.0662. The van der Waals surface area contributed by atoms with Crippen LogP contribution in [-0.4, -0.2) is 49.6 Å². The highest BCUT2D eigenvalue weighted by Crippen LogP contribution is 2.32. The second-order valence-electron chi connectivity index (χ2n) is 10.4. The summed E-state index contributed by atoms with van der Waals surface area (Å²) in [6, 6.07) is 11.4. The molecule has 0 aliphatic carbocycles. The van der Waals surface area contributed by atoms with Crippen molar-refractivity contribution in [1.82, 2.24) is 9.88 Å². The van der Waals surface area contributed by atoms with E-state index < -0.39 is 0 Å². The fourth-order valence-corrected chi connectivity index (χ4v) is 5.57. The Hall–Kier alpha value is -2.87. The van der Waals surface area contributed by atoms with Crippen LogP contribution in [0.1, 0.15) is 52.9 Å². The third-order valence-corrected chi connectivity index (χ3v) is 7.90. The zero-order chi connectivity index (χ0) is 25.8. The van der Waals surface area contributed by atoms with Crippen molar-refractivity contribution < 1.29 is 19.0 Å². The first kappa shape index (κ1) is 25.8. The highest BCUT2D eigenvalue weighted by atomic mass is 16.5. The molecule has 5 rings (SSSR count). The highest BCUT2D eigenvalue weighted by Gasteiger charge is 2.19. The van der Waals surface area contributed by atoms with Crippen molar-refractivity contribution in [3.05, 3.63) is 58.8 Å². The molecule has 7 nitrogen and oxygen atoms in total. The molecule has 0 bridgehead atoms. The number of carbonyl (C=O) groups excluding carboxylic acids is 1. The Kier molecular flexibility index (Phi) is 8.13. The molecule has 1 atom stereocenters. The molecule has 2 fully saturated rings. The maximum atomic E-state index is 13.0. The van der Waals surface area contributed by atoms with Crippen molar-refractivity contribution in [1.29, 1.82) is 0 Å². The third-order valence-electron chi connectivity index (χ3n) is 7.90. The van der Waals surface area contributed by atoms with Gasteiger partial charge in [-0.25, -0.2) is 0 Å². The number of hydrogen-bond donors (Lipinski definition) is 2. The monoisotopic (exact) mass is 505 g/mol. The second-order valence-corrected chi connectivity index (χ2v) is 10.4. The summed E-state index contributed by atoms with van der Waals surface area (Å²) in [5.41, 5.74) is 6.24. The van der Waals surface area contributed by atoms with Gasteiger partial charge in [-0.05, 0) is 93.5 Å². The van der Waals surface area contributed by atoms with Gasteiger partial charge in [-0.15, -0.1) is 0 Å². The molecule has 1 amide bonds. The van der Waals surface area contributed by atoms with Crippen molar-refractivity contribution >= 4 is 22.5 Å². The lowest BCUT2D eigenvalue weighted by Gasteiger charge is -2.22. The number of ether oxygens (including phenoxy) is 3. The summed E-state index contributed by atoms with van der Waals surface area (Å²) < 4.78 is 19.2. The van der Waals surface area contributed by atoms with E-state index in [0.29, 0.717) is 18.1 Å². The minimum Gasteiger partial charge on any atom is -0.491 e. The van der Waals surface area contributed by atoms with Gasteiger partial charge >= 0.3 is 0 Å². The number of carbonyl (C=O) groups is 1. The van der Waals surface area contributed by atoms with Crippen LogP contribution in [0.25, 0.3) is 10.9 Å². The van der Waals surface area contributed by atoms with E-state index in [9.17, 15) is 4.79 Å². The number of anilines is 1. The average Bonchev–Trinajstić information content (AvgIpc) is 3.52. The maximum Gasteiger partial charge on any atom is 0.255 e. The van der Waals surface area contributed by atoms with Crippen molar-refractivity contribution in [3.8, 4) is 5.75 Å². The van der Waals surface area contributed by atoms with Gasteiger partial charge < -0.3 is 29.4 Å². The quantitative estimate of drug-likeness (QED) is 0.422. The van der Waals surface area contributed by atoms with Gasteiger partial charge in [0.25, 0.3) is 5.91 Å². The van der Waals surface area contributed by atoms with E-state index in [1.807, 2.05) is 30.3 Å². The van der Waals surface area contributed by atoms with Crippen LogP contribution < -0.4 is 15.4 Å². The van der Waals surface area contributed by atoms with Gasteiger partial charge in [0, 0.05) is 55.7 Å². The van der Waals surface area contributed by atoms with Crippen molar-refractivity contribution in [3.63, 3.8) is 0 Å². The van der Waals surface area contributed by atoms with Crippen molar-refractivity contribution in [2.24, 2.45) is 13.0 Å². The second kappa shape index (κ2) is 11.7. The fourth-order valence-electron chi connectivity index (χ4n) is 5.57. The predicted molar refractivity (Wildman–Crippen MR) is 147 cm³/mol. The Labute approximate surface area is 219 Å². The summed E-state index contributed by atoms with van der Waals surface area (Å²) in [5, 5.41) is 8.01. The molecule has 2 aromatic carbocycles. The van der Waals surface area contributed by atoms with Crippen LogP contribution in [0.15, 0.2) is 36.4 Å². The minimum absolute atomic E-state index is 0.127. The minimum atomic E-state index is -0.127. The van der Waals surface area contributed by atoms with Gasteiger partial charge in [0.15, 0.2) is 0 Å². The number of rotatable bonds is 9. The number of benzene rings is 2. The molecule has 2 saturated heterocycles. The molecule has 1 aromatic heterocycles. The molecule has 3 aromatic rings. The summed E-state index contributed by atoms with van der Waals surface area (Å²) in [7, 11) is 2.12. The molecule has 7 heteroatoms. The van der Waals surface area contributed by atoms with Crippen LogP contribution in [-0.2, 0) is 23.1 Å². The van der Waals surface area contributed by atoms with Gasteiger partial charge in [0.2, 0.25) is 0 Å².